The normalized spacial score (nSPS) is 13.8. The van der Waals surface area contributed by atoms with Crippen LogP contribution < -0.4 is 10.2 Å². The molecule has 0 aromatic rings. The van der Waals surface area contributed by atoms with E-state index in [1.165, 1.54) is 244 Å². The van der Waals surface area contributed by atoms with Gasteiger partial charge in [-0.3, -0.25) is 14.2 Å². The van der Waals surface area contributed by atoms with Crippen LogP contribution in [-0.4, -0.2) is 69.4 Å². The summed E-state index contributed by atoms with van der Waals surface area (Å²) >= 11 is 0. The SMILES string of the molecule is CCCCCCCC/C=C/CCCCCCCCCCCCCCCCCCCC(=O)OC(/C=C\CCCCCCCCCCCCC)C(COP(=O)([O-])OCC[N+](C)(C)C)NC(=O)CCCCC/C=C/C=C/CCCCCCCCC. The number of nitrogens with one attached hydrogen (secondary N) is 1. The quantitative estimate of drug-likeness (QED) is 0.0161. The van der Waals surface area contributed by atoms with Crippen molar-refractivity contribution < 1.29 is 37.3 Å². The first-order valence-electron chi connectivity index (χ1n) is 35.5. The Morgan fingerprint density at radius 2 is 0.744 bits per heavy atom. The summed E-state index contributed by atoms with van der Waals surface area (Å²) in [4.78, 5) is 40.1. The highest BCUT2D eigenvalue weighted by Gasteiger charge is 2.27. The van der Waals surface area contributed by atoms with Crippen LogP contribution in [-0.2, 0) is 27.9 Å². The summed E-state index contributed by atoms with van der Waals surface area (Å²) in [5.41, 5.74) is 0. The van der Waals surface area contributed by atoms with Crippen LogP contribution in [0.15, 0.2) is 48.6 Å². The molecule has 0 aliphatic rings. The van der Waals surface area contributed by atoms with Crippen molar-refractivity contribution in [2.45, 2.75) is 360 Å². The van der Waals surface area contributed by atoms with Gasteiger partial charge in [-0.15, -0.1) is 0 Å². The van der Waals surface area contributed by atoms with Gasteiger partial charge in [-0.2, -0.15) is 0 Å². The molecule has 0 aliphatic carbocycles. The number of amides is 1. The molecule has 0 heterocycles. The van der Waals surface area contributed by atoms with Crippen molar-refractivity contribution in [3.63, 3.8) is 0 Å². The summed E-state index contributed by atoms with van der Waals surface area (Å²) in [6, 6.07) is -0.901. The van der Waals surface area contributed by atoms with E-state index in [2.05, 4.69) is 62.5 Å². The molecule has 0 rings (SSSR count). The minimum atomic E-state index is -4.71. The van der Waals surface area contributed by atoms with Crippen LogP contribution in [0, 0.1) is 0 Å². The van der Waals surface area contributed by atoms with Crippen molar-refractivity contribution in [2.75, 3.05) is 40.9 Å². The average molecular weight is 1170 g/mol. The van der Waals surface area contributed by atoms with Gasteiger partial charge in [-0.25, -0.2) is 0 Å². The first-order chi connectivity index (χ1) is 39.9. The molecule has 0 radical (unpaired) electrons. The van der Waals surface area contributed by atoms with Crippen molar-refractivity contribution in [3.8, 4) is 0 Å². The standard InChI is InChI=1S/C72H137N2O7P/c1-7-10-13-16-19-22-25-28-30-32-33-34-35-36-37-38-39-40-41-42-44-47-50-53-56-59-62-65-72(76)81-70(63-60-57-54-51-48-45-27-24-21-18-15-12-9-3)69(68-80-82(77,78)79-67-66-74(4,5)6)73-71(75)64-61-58-55-52-49-46-43-31-29-26-23-20-17-14-11-8-2/h28,30-31,43,46,49,60,63,69-70H,7-27,29,32-42,44-45,47-48,50-59,61-62,64-68H2,1-6H3,(H-,73,75,77,78)/b30-28+,43-31+,49-46+,63-60-. The first-order valence-corrected chi connectivity index (χ1v) is 36.9. The van der Waals surface area contributed by atoms with E-state index < -0.39 is 26.6 Å². The van der Waals surface area contributed by atoms with Gasteiger partial charge in [-0.05, 0) is 83.1 Å². The summed E-state index contributed by atoms with van der Waals surface area (Å²) in [5, 5.41) is 3.03. The minimum Gasteiger partial charge on any atom is -0.756 e. The molecule has 0 saturated carbocycles. The number of hydrogen-bond donors (Lipinski definition) is 1. The molecule has 482 valence electrons. The average Bonchev–Trinajstić information content (AvgIpc) is 3.45. The van der Waals surface area contributed by atoms with Crippen molar-refractivity contribution in [3.05, 3.63) is 48.6 Å². The molecule has 82 heavy (non-hydrogen) atoms. The van der Waals surface area contributed by atoms with E-state index >= 15 is 0 Å². The third-order valence-electron chi connectivity index (χ3n) is 16.0. The predicted octanol–water partition coefficient (Wildman–Crippen LogP) is 21.8. The maximum atomic E-state index is 13.6. The molecule has 0 bridgehead atoms. The highest BCUT2D eigenvalue weighted by atomic mass is 31.2. The number of rotatable bonds is 65. The van der Waals surface area contributed by atoms with Gasteiger partial charge in [0.25, 0.3) is 7.82 Å². The summed E-state index contributed by atoms with van der Waals surface area (Å²) in [6.45, 7) is 6.86. The smallest absolute Gasteiger partial charge is 0.306 e. The molecule has 1 amide bonds. The first kappa shape index (κ1) is 80.0. The van der Waals surface area contributed by atoms with Gasteiger partial charge in [0.2, 0.25) is 5.91 Å². The van der Waals surface area contributed by atoms with E-state index in [0.29, 0.717) is 17.4 Å². The van der Waals surface area contributed by atoms with E-state index in [1.807, 2.05) is 33.3 Å². The van der Waals surface area contributed by atoms with Gasteiger partial charge in [-0.1, -0.05) is 301 Å². The summed E-state index contributed by atoms with van der Waals surface area (Å²) in [6.07, 6.45) is 78.2. The predicted molar refractivity (Wildman–Crippen MR) is 353 cm³/mol. The number of carbonyl (C=O) groups excluding carboxylic acids is 2. The van der Waals surface area contributed by atoms with E-state index in [9.17, 15) is 19.0 Å². The number of ether oxygens (including phenoxy) is 1. The third-order valence-corrected chi connectivity index (χ3v) is 17.0. The Morgan fingerprint density at radius 3 is 1.12 bits per heavy atom. The van der Waals surface area contributed by atoms with E-state index in [0.717, 1.165) is 64.2 Å². The fraction of sp³-hybridized carbons (Fsp3) is 0.861. The molecule has 10 heteroatoms. The van der Waals surface area contributed by atoms with Gasteiger partial charge in [0.15, 0.2) is 0 Å². The number of allylic oxidation sites excluding steroid dienone is 7. The number of phosphoric acid groups is 1. The summed E-state index contributed by atoms with van der Waals surface area (Å²) in [5.74, 6) is -0.556. The van der Waals surface area contributed by atoms with Gasteiger partial charge in [0, 0.05) is 12.8 Å². The number of nitrogens with zero attached hydrogens (tertiary/aromatic N) is 1. The highest BCUT2D eigenvalue weighted by Crippen LogP contribution is 2.38. The fourth-order valence-electron chi connectivity index (χ4n) is 10.5. The molecule has 0 spiro atoms. The Bertz CT molecular complexity index is 1540. The van der Waals surface area contributed by atoms with Gasteiger partial charge in [0.1, 0.15) is 19.3 Å². The van der Waals surface area contributed by atoms with Crippen molar-refractivity contribution in [2.24, 2.45) is 0 Å². The lowest BCUT2D eigenvalue weighted by molar-refractivity contribution is -0.870. The Hall–Kier alpha value is -2.03. The van der Waals surface area contributed by atoms with E-state index in [1.54, 1.807) is 0 Å². The second kappa shape index (κ2) is 62.0. The molecule has 0 aromatic carbocycles. The van der Waals surface area contributed by atoms with Crippen molar-refractivity contribution in [1.82, 2.24) is 5.32 Å². The molecule has 0 aromatic heterocycles. The molecule has 0 aliphatic heterocycles. The molecule has 3 atom stereocenters. The number of unbranched alkanes of at least 4 members (excludes halogenated alkanes) is 44. The minimum absolute atomic E-state index is 0.0260. The lowest BCUT2D eigenvalue weighted by Crippen LogP contribution is -2.47. The Morgan fingerprint density at radius 1 is 0.427 bits per heavy atom. The van der Waals surface area contributed by atoms with Gasteiger partial charge < -0.3 is 28.5 Å². The van der Waals surface area contributed by atoms with Crippen LogP contribution in [0.3, 0.4) is 0 Å². The lowest BCUT2D eigenvalue weighted by Gasteiger charge is -2.30. The number of quaternary nitrogens is 1. The van der Waals surface area contributed by atoms with Crippen molar-refractivity contribution in [1.29, 1.82) is 0 Å². The fourth-order valence-corrected chi connectivity index (χ4v) is 11.2. The topological polar surface area (TPSA) is 114 Å². The van der Waals surface area contributed by atoms with Crippen LogP contribution in [0.2, 0.25) is 0 Å². The van der Waals surface area contributed by atoms with E-state index in [-0.39, 0.29) is 31.3 Å². The van der Waals surface area contributed by atoms with Crippen molar-refractivity contribution >= 4 is 19.7 Å². The zero-order chi connectivity index (χ0) is 60.0. The Labute approximate surface area is 509 Å². The van der Waals surface area contributed by atoms with Crippen LogP contribution in [0.25, 0.3) is 0 Å². The molecule has 0 fully saturated rings. The summed E-state index contributed by atoms with van der Waals surface area (Å²) < 4.78 is 30.4. The van der Waals surface area contributed by atoms with Crippen LogP contribution >= 0.6 is 7.82 Å². The number of carbonyl (C=O) groups is 2. The molecule has 1 N–H and O–H groups in total. The number of hydrogen-bond acceptors (Lipinski definition) is 7. The van der Waals surface area contributed by atoms with Crippen LogP contribution in [0.1, 0.15) is 348 Å². The van der Waals surface area contributed by atoms with E-state index in [4.69, 9.17) is 13.8 Å². The monoisotopic (exact) mass is 1170 g/mol. The zero-order valence-electron chi connectivity index (χ0n) is 55.2. The number of likely N-dealkylation sites (N-methyl/N-ethyl adjacent to an activating group) is 1. The second-order valence-electron chi connectivity index (χ2n) is 25.4. The molecular weight excluding hydrogens is 1040 g/mol. The van der Waals surface area contributed by atoms with Gasteiger partial charge in [0.05, 0.1) is 33.8 Å². The maximum Gasteiger partial charge on any atom is 0.306 e. The largest absolute Gasteiger partial charge is 0.756 e. The Balaban J connectivity index is 5.04. The molecular formula is C72H137N2O7P. The lowest BCUT2D eigenvalue weighted by atomic mass is 10.0. The number of phosphoric ester groups is 1. The molecule has 9 nitrogen and oxygen atoms in total. The Kier molecular flexibility index (Phi) is 60.5. The summed E-state index contributed by atoms with van der Waals surface area (Å²) in [7, 11) is 1.18. The maximum absolute atomic E-state index is 13.6. The molecule has 3 unspecified atom stereocenters. The van der Waals surface area contributed by atoms with Crippen LogP contribution in [0.4, 0.5) is 0 Å². The highest BCUT2D eigenvalue weighted by molar-refractivity contribution is 7.45. The number of esters is 1. The molecule has 0 saturated heterocycles. The zero-order valence-corrected chi connectivity index (χ0v) is 56.1. The third kappa shape index (κ3) is 62.5. The van der Waals surface area contributed by atoms with Crippen LogP contribution in [0.5, 0.6) is 0 Å². The second-order valence-corrected chi connectivity index (χ2v) is 26.8. The van der Waals surface area contributed by atoms with Gasteiger partial charge >= 0.3 is 5.97 Å².